The van der Waals surface area contributed by atoms with Crippen LogP contribution in [-0.4, -0.2) is 44.3 Å². The van der Waals surface area contributed by atoms with Crippen molar-refractivity contribution in [1.29, 1.82) is 0 Å². The van der Waals surface area contributed by atoms with E-state index in [0.717, 1.165) is 38.2 Å². The molecule has 1 N–H and O–H groups in total. The van der Waals surface area contributed by atoms with Crippen molar-refractivity contribution >= 4 is 0 Å². The zero-order valence-corrected chi connectivity index (χ0v) is 17.8. The average Bonchev–Trinajstić information content (AvgIpc) is 2.72. The number of benzene rings is 1. The molecule has 0 amide bonds. The van der Waals surface area contributed by atoms with Crippen molar-refractivity contribution in [3.8, 4) is 0 Å². The molecular formula is C23H37F3N2O. The third-order valence-corrected chi connectivity index (χ3v) is 5.65. The van der Waals surface area contributed by atoms with Gasteiger partial charge in [0.25, 0.3) is 0 Å². The fourth-order valence-corrected chi connectivity index (χ4v) is 3.86. The van der Waals surface area contributed by atoms with Crippen LogP contribution in [0.25, 0.3) is 0 Å². The maximum absolute atomic E-state index is 12.9. The van der Waals surface area contributed by atoms with E-state index in [4.69, 9.17) is 4.74 Å². The lowest BCUT2D eigenvalue weighted by molar-refractivity contribution is -0.137. The highest BCUT2D eigenvalue weighted by molar-refractivity contribution is 5.27. The molecule has 1 aliphatic heterocycles. The van der Waals surface area contributed by atoms with Crippen molar-refractivity contribution in [3.05, 3.63) is 35.4 Å². The molecule has 3 nitrogen and oxygen atoms in total. The van der Waals surface area contributed by atoms with Gasteiger partial charge in [0.15, 0.2) is 0 Å². The van der Waals surface area contributed by atoms with Crippen LogP contribution >= 0.6 is 0 Å². The van der Waals surface area contributed by atoms with Gasteiger partial charge in [-0.25, -0.2) is 0 Å². The Bertz CT molecular complexity index is 542. The van der Waals surface area contributed by atoms with Crippen LogP contribution in [0.3, 0.4) is 0 Å². The summed E-state index contributed by atoms with van der Waals surface area (Å²) in [6.45, 7) is 6.92. The van der Waals surface area contributed by atoms with Crippen LogP contribution in [0.2, 0.25) is 0 Å². The monoisotopic (exact) mass is 414 g/mol. The molecule has 0 spiro atoms. The number of morpholine rings is 1. The van der Waals surface area contributed by atoms with Gasteiger partial charge >= 0.3 is 6.18 Å². The van der Waals surface area contributed by atoms with E-state index in [1.165, 1.54) is 57.1 Å². The number of nitrogens with one attached hydrogen (secondary N) is 1. The number of alkyl halides is 3. The molecule has 0 bridgehead atoms. The maximum atomic E-state index is 12.9. The van der Waals surface area contributed by atoms with Crippen molar-refractivity contribution in [1.82, 2.24) is 10.2 Å². The largest absolute Gasteiger partial charge is 0.416 e. The summed E-state index contributed by atoms with van der Waals surface area (Å²) < 4.78 is 44.1. The standard InChI is InChI=1S/C23H37F3N2O/c1-2-3-4-5-6-7-8-9-14-27-19-22(28-15-17-29-18-16-28)20-10-12-21(13-11-20)23(24,25)26/h10-13,22,27H,2-9,14-19H2,1H3. The van der Waals surface area contributed by atoms with Gasteiger partial charge in [-0.15, -0.1) is 0 Å². The van der Waals surface area contributed by atoms with Crippen LogP contribution in [0.4, 0.5) is 13.2 Å². The van der Waals surface area contributed by atoms with Gasteiger partial charge < -0.3 is 10.1 Å². The van der Waals surface area contributed by atoms with Crippen molar-refractivity contribution in [2.24, 2.45) is 0 Å². The average molecular weight is 415 g/mol. The van der Waals surface area contributed by atoms with Gasteiger partial charge in [-0.3, -0.25) is 4.90 Å². The number of nitrogens with zero attached hydrogens (tertiary/aromatic N) is 1. The highest BCUT2D eigenvalue weighted by atomic mass is 19.4. The quantitative estimate of drug-likeness (QED) is 0.412. The van der Waals surface area contributed by atoms with Crippen LogP contribution in [0, 0.1) is 0 Å². The van der Waals surface area contributed by atoms with Crippen molar-refractivity contribution in [2.45, 2.75) is 70.5 Å². The van der Waals surface area contributed by atoms with Crippen LogP contribution in [0.5, 0.6) is 0 Å². The molecule has 0 radical (unpaired) electrons. The molecule has 0 saturated carbocycles. The van der Waals surface area contributed by atoms with E-state index in [0.29, 0.717) is 13.2 Å². The second-order valence-corrected chi connectivity index (χ2v) is 7.96. The molecule has 0 aliphatic carbocycles. The number of hydrogen-bond acceptors (Lipinski definition) is 3. The first-order chi connectivity index (χ1) is 14.0. The van der Waals surface area contributed by atoms with Crippen LogP contribution in [0.1, 0.15) is 75.5 Å². The Morgan fingerprint density at radius 2 is 1.52 bits per heavy atom. The normalized spacial score (nSPS) is 16.8. The Balaban J connectivity index is 1.78. The molecule has 1 saturated heterocycles. The Hall–Kier alpha value is -1.11. The summed E-state index contributed by atoms with van der Waals surface area (Å²) in [6, 6.07) is 5.72. The second-order valence-electron chi connectivity index (χ2n) is 7.96. The van der Waals surface area contributed by atoms with E-state index in [9.17, 15) is 13.2 Å². The van der Waals surface area contributed by atoms with E-state index in [-0.39, 0.29) is 6.04 Å². The van der Waals surface area contributed by atoms with Gasteiger partial charge in [0.2, 0.25) is 0 Å². The van der Waals surface area contributed by atoms with Crippen LogP contribution in [0.15, 0.2) is 24.3 Å². The fraction of sp³-hybridized carbons (Fsp3) is 0.739. The highest BCUT2D eigenvalue weighted by Gasteiger charge is 2.31. The Labute approximate surface area is 174 Å². The lowest BCUT2D eigenvalue weighted by Crippen LogP contribution is -2.43. The van der Waals surface area contributed by atoms with Gasteiger partial charge in [0.05, 0.1) is 18.8 Å². The lowest BCUT2D eigenvalue weighted by Gasteiger charge is -2.35. The van der Waals surface area contributed by atoms with Crippen molar-refractivity contribution in [3.63, 3.8) is 0 Å². The number of halogens is 3. The van der Waals surface area contributed by atoms with Crippen molar-refractivity contribution < 1.29 is 17.9 Å². The summed E-state index contributed by atoms with van der Waals surface area (Å²) in [6.07, 6.45) is 6.03. The zero-order chi connectivity index (χ0) is 21.0. The minimum absolute atomic E-state index is 0.0789. The molecule has 1 atom stereocenters. The van der Waals surface area contributed by atoms with E-state index >= 15 is 0 Å². The molecule has 6 heteroatoms. The molecule has 1 fully saturated rings. The van der Waals surface area contributed by atoms with E-state index in [1.807, 2.05) is 0 Å². The minimum atomic E-state index is -4.29. The molecule has 1 unspecified atom stereocenters. The fourth-order valence-electron chi connectivity index (χ4n) is 3.86. The van der Waals surface area contributed by atoms with Crippen LogP contribution in [-0.2, 0) is 10.9 Å². The SMILES string of the molecule is CCCCCCCCCCNCC(c1ccc(C(F)(F)F)cc1)N1CCOCC1. The molecule has 1 aromatic carbocycles. The zero-order valence-electron chi connectivity index (χ0n) is 17.8. The van der Waals surface area contributed by atoms with E-state index in [1.54, 1.807) is 12.1 Å². The summed E-state index contributed by atoms with van der Waals surface area (Å²) in [4.78, 5) is 2.31. The van der Waals surface area contributed by atoms with Gasteiger partial charge in [-0.2, -0.15) is 13.2 Å². The number of unbranched alkanes of at least 4 members (excludes halogenated alkanes) is 7. The lowest BCUT2D eigenvalue weighted by atomic mass is 10.0. The molecule has 166 valence electrons. The van der Waals surface area contributed by atoms with Gasteiger partial charge in [-0.05, 0) is 30.7 Å². The third-order valence-electron chi connectivity index (χ3n) is 5.65. The number of ether oxygens (including phenoxy) is 1. The Morgan fingerprint density at radius 1 is 0.931 bits per heavy atom. The molecule has 29 heavy (non-hydrogen) atoms. The van der Waals surface area contributed by atoms with Crippen molar-refractivity contribution in [2.75, 3.05) is 39.4 Å². The highest BCUT2D eigenvalue weighted by Crippen LogP contribution is 2.31. The smallest absolute Gasteiger partial charge is 0.379 e. The van der Waals surface area contributed by atoms with Gasteiger partial charge in [0, 0.05) is 25.7 Å². The van der Waals surface area contributed by atoms with E-state index in [2.05, 4.69) is 17.1 Å². The van der Waals surface area contributed by atoms with Crippen LogP contribution < -0.4 is 5.32 Å². The molecule has 2 rings (SSSR count). The summed E-state index contributed by atoms with van der Waals surface area (Å²) in [5.74, 6) is 0. The molecule has 1 aliphatic rings. The summed E-state index contributed by atoms with van der Waals surface area (Å²) in [7, 11) is 0. The second kappa shape index (κ2) is 13.2. The molecule has 1 heterocycles. The van der Waals surface area contributed by atoms with Gasteiger partial charge in [0.1, 0.15) is 0 Å². The molecular weight excluding hydrogens is 377 g/mol. The number of rotatable bonds is 13. The summed E-state index contributed by atoms with van der Waals surface area (Å²) >= 11 is 0. The third kappa shape index (κ3) is 9.06. The Morgan fingerprint density at radius 3 is 2.10 bits per heavy atom. The maximum Gasteiger partial charge on any atom is 0.416 e. The summed E-state index contributed by atoms with van der Waals surface area (Å²) in [5.41, 5.74) is 0.345. The first-order valence-electron chi connectivity index (χ1n) is 11.2. The first kappa shape index (κ1) is 24.2. The topological polar surface area (TPSA) is 24.5 Å². The van der Waals surface area contributed by atoms with E-state index < -0.39 is 11.7 Å². The molecule has 1 aromatic rings. The minimum Gasteiger partial charge on any atom is -0.379 e. The predicted octanol–water partition coefficient (Wildman–Crippen LogP) is 5.81. The first-order valence-corrected chi connectivity index (χ1v) is 11.2. The number of hydrogen-bond donors (Lipinski definition) is 1. The van der Waals surface area contributed by atoms with Gasteiger partial charge in [-0.1, -0.05) is 64.0 Å². The Kier molecular flexibility index (Phi) is 11.0. The predicted molar refractivity (Wildman–Crippen MR) is 112 cm³/mol. The summed E-state index contributed by atoms with van der Waals surface area (Å²) in [5, 5.41) is 3.53. The molecule has 0 aromatic heterocycles.